The van der Waals surface area contributed by atoms with Gasteiger partial charge in [0.1, 0.15) is 12.3 Å². The molecule has 23 heavy (non-hydrogen) atoms. The van der Waals surface area contributed by atoms with Crippen LogP contribution in [-0.2, 0) is 4.84 Å². The van der Waals surface area contributed by atoms with Gasteiger partial charge in [0.2, 0.25) is 0 Å². The van der Waals surface area contributed by atoms with Crippen LogP contribution in [0.4, 0.5) is 5.69 Å². The number of para-hydroxylation sites is 1. The maximum atomic E-state index is 12.6. The predicted molar refractivity (Wildman–Crippen MR) is 89.3 cm³/mol. The normalized spacial score (nSPS) is 16.6. The Morgan fingerprint density at radius 3 is 2.65 bits per heavy atom. The Morgan fingerprint density at radius 2 is 1.96 bits per heavy atom. The monoisotopic (exact) mass is 307 g/mol. The lowest BCUT2D eigenvalue weighted by Gasteiger charge is -2.20. The van der Waals surface area contributed by atoms with E-state index in [0.717, 1.165) is 24.0 Å². The number of hydrogen-bond donors (Lipinski definition) is 1. The van der Waals surface area contributed by atoms with Gasteiger partial charge in [-0.2, -0.15) is 5.10 Å². The summed E-state index contributed by atoms with van der Waals surface area (Å²) in [6.07, 6.45) is 3.79. The number of carbonyl (C=O) groups is 1. The third kappa shape index (κ3) is 2.83. The van der Waals surface area contributed by atoms with Crippen molar-refractivity contribution in [3.05, 3.63) is 54.1 Å². The Bertz CT molecular complexity index is 754. The molecular weight excluding hydrogens is 290 g/mol. The van der Waals surface area contributed by atoms with E-state index in [0.29, 0.717) is 23.9 Å². The quantitative estimate of drug-likeness (QED) is 0.945. The Hall–Kier alpha value is -2.66. The minimum absolute atomic E-state index is 0.0778. The SMILES string of the molecule is O=C(NC1CC1)c1cccc(-c2ccccc2)c1N1N=CCO1. The summed E-state index contributed by atoms with van der Waals surface area (Å²) >= 11 is 0. The van der Waals surface area contributed by atoms with Gasteiger partial charge in [0.05, 0.1) is 11.8 Å². The fourth-order valence-corrected chi connectivity index (χ4v) is 2.64. The van der Waals surface area contributed by atoms with Crippen molar-refractivity contribution >= 4 is 17.8 Å². The molecule has 1 fully saturated rings. The van der Waals surface area contributed by atoms with E-state index in [-0.39, 0.29) is 5.91 Å². The van der Waals surface area contributed by atoms with Crippen molar-refractivity contribution in [3.8, 4) is 11.1 Å². The lowest BCUT2D eigenvalue weighted by atomic mass is 9.99. The standard InChI is InChI=1S/C18H17N3O2/c22-18(20-14-9-10-14)16-8-4-7-15(13-5-2-1-3-6-13)17(16)21-19-11-12-23-21/h1-8,11,14H,9-10,12H2,(H,20,22). The molecule has 2 aromatic carbocycles. The highest BCUT2D eigenvalue weighted by molar-refractivity contribution is 6.03. The van der Waals surface area contributed by atoms with Gasteiger partial charge >= 0.3 is 0 Å². The number of rotatable bonds is 4. The van der Waals surface area contributed by atoms with E-state index < -0.39 is 0 Å². The zero-order valence-corrected chi connectivity index (χ0v) is 12.6. The molecular formula is C18H17N3O2. The molecule has 4 rings (SSSR count). The van der Waals surface area contributed by atoms with Gasteiger partial charge in [-0.1, -0.05) is 42.5 Å². The summed E-state index contributed by atoms with van der Waals surface area (Å²) in [7, 11) is 0. The second kappa shape index (κ2) is 5.85. The van der Waals surface area contributed by atoms with Gasteiger partial charge in [-0.25, -0.2) is 4.84 Å². The number of benzene rings is 2. The van der Waals surface area contributed by atoms with Crippen LogP contribution in [0.2, 0.25) is 0 Å². The summed E-state index contributed by atoms with van der Waals surface area (Å²) < 4.78 is 0. The van der Waals surface area contributed by atoms with Crippen LogP contribution in [0, 0.1) is 0 Å². The molecule has 5 nitrogen and oxygen atoms in total. The number of amides is 1. The molecule has 1 saturated carbocycles. The maximum Gasteiger partial charge on any atom is 0.253 e. The van der Waals surface area contributed by atoms with Crippen molar-refractivity contribution in [2.45, 2.75) is 18.9 Å². The first-order valence-corrected chi connectivity index (χ1v) is 7.78. The smallest absolute Gasteiger partial charge is 0.253 e. The zero-order chi connectivity index (χ0) is 15.6. The molecule has 1 N–H and O–H groups in total. The second-order valence-corrected chi connectivity index (χ2v) is 5.68. The molecule has 2 aliphatic rings. The minimum Gasteiger partial charge on any atom is -0.349 e. The van der Waals surface area contributed by atoms with Crippen molar-refractivity contribution in [2.24, 2.45) is 5.10 Å². The molecule has 1 aliphatic carbocycles. The molecule has 1 aliphatic heterocycles. The van der Waals surface area contributed by atoms with Crippen LogP contribution in [-0.4, -0.2) is 24.8 Å². The highest BCUT2D eigenvalue weighted by Crippen LogP contribution is 2.35. The van der Waals surface area contributed by atoms with Gasteiger partial charge in [0, 0.05) is 11.6 Å². The molecule has 0 aromatic heterocycles. The van der Waals surface area contributed by atoms with E-state index >= 15 is 0 Å². The summed E-state index contributed by atoms with van der Waals surface area (Å²) in [5.74, 6) is -0.0778. The van der Waals surface area contributed by atoms with Crippen molar-refractivity contribution < 1.29 is 9.63 Å². The van der Waals surface area contributed by atoms with Gasteiger partial charge < -0.3 is 5.32 Å². The highest BCUT2D eigenvalue weighted by atomic mass is 16.7. The van der Waals surface area contributed by atoms with E-state index in [1.165, 1.54) is 5.17 Å². The Balaban J connectivity index is 1.81. The van der Waals surface area contributed by atoms with Gasteiger partial charge in [-0.3, -0.25) is 4.79 Å². The lowest BCUT2D eigenvalue weighted by molar-refractivity contribution is 0.0948. The van der Waals surface area contributed by atoms with Gasteiger partial charge in [0.15, 0.2) is 0 Å². The molecule has 0 bridgehead atoms. The molecule has 1 heterocycles. The zero-order valence-electron chi connectivity index (χ0n) is 12.6. The highest BCUT2D eigenvalue weighted by Gasteiger charge is 2.28. The Morgan fingerprint density at radius 1 is 1.13 bits per heavy atom. The van der Waals surface area contributed by atoms with E-state index in [1.54, 1.807) is 6.21 Å². The number of hydrogen-bond acceptors (Lipinski definition) is 4. The van der Waals surface area contributed by atoms with Gasteiger partial charge in [-0.05, 0) is 24.5 Å². The van der Waals surface area contributed by atoms with E-state index in [1.807, 2.05) is 48.5 Å². The second-order valence-electron chi connectivity index (χ2n) is 5.68. The number of nitrogens with zero attached hydrogens (tertiary/aromatic N) is 2. The summed E-state index contributed by atoms with van der Waals surface area (Å²) in [5, 5.41) is 8.72. The van der Waals surface area contributed by atoms with Crippen molar-refractivity contribution in [3.63, 3.8) is 0 Å². The van der Waals surface area contributed by atoms with Gasteiger partial charge in [-0.15, -0.1) is 5.17 Å². The van der Waals surface area contributed by atoms with Crippen molar-refractivity contribution in [2.75, 3.05) is 11.8 Å². The fraction of sp³-hybridized carbons (Fsp3) is 0.222. The predicted octanol–water partition coefficient (Wildman–Crippen LogP) is 2.98. The van der Waals surface area contributed by atoms with Crippen LogP contribution in [0.25, 0.3) is 11.1 Å². The molecule has 116 valence electrons. The summed E-state index contributed by atoms with van der Waals surface area (Å²) in [4.78, 5) is 18.2. The molecule has 1 amide bonds. The largest absolute Gasteiger partial charge is 0.349 e. The maximum absolute atomic E-state index is 12.6. The average molecular weight is 307 g/mol. The molecule has 0 saturated heterocycles. The summed E-state index contributed by atoms with van der Waals surface area (Å²) in [6.45, 7) is 0.410. The number of anilines is 1. The molecule has 0 radical (unpaired) electrons. The van der Waals surface area contributed by atoms with Crippen molar-refractivity contribution in [1.82, 2.24) is 5.32 Å². The van der Waals surface area contributed by atoms with Crippen LogP contribution >= 0.6 is 0 Å². The van der Waals surface area contributed by atoms with Crippen LogP contribution in [0.15, 0.2) is 53.6 Å². The minimum atomic E-state index is -0.0778. The third-order valence-corrected chi connectivity index (χ3v) is 3.93. The number of nitrogens with one attached hydrogen (secondary N) is 1. The van der Waals surface area contributed by atoms with E-state index in [4.69, 9.17) is 4.84 Å². The third-order valence-electron chi connectivity index (χ3n) is 3.93. The molecule has 2 aromatic rings. The first kappa shape index (κ1) is 14.0. The van der Waals surface area contributed by atoms with Crippen LogP contribution in [0.1, 0.15) is 23.2 Å². The number of carbonyl (C=O) groups excluding carboxylic acids is 1. The molecule has 0 atom stereocenters. The first-order chi connectivity index (χ1) is 11.3. The topological polar surface area (TPSA) is 53.9 Å². The Kier molecular flexibility index (Phi) is 3.55. The van der Waals surface area contributed by atoms with E-state index in [2.05, 4.69) is 10.4 Å². The fourth-order valence-electron chi connectivity index (χ4n) is 2.64. The number of hydrazone groups is 1. The van der Waals surface area contributed by atoms with Crippen LogP contribution in [0.5, 0.6) is 0 Å². The molecule has 0 unspecified atom stereocenters. The van der Waals surface area contributed by atoms with E-state index in [9.17, 15) is 4.79 Å². The summed E-state index contributed by atoms with van der Waals surface area (Å²) in [6, 6.07) is 16.0. The average Bonchev–Trinajstić information content (AvgIpc) is 3.24. The Labute approximate surface area is 134 Å². The summed E-state index contributed by atoms with van der Waals surface area (Å²) in [5.41, 5.74) is 3.21. The first-order valence-electron chi connectivity index (χ1n) is 7.78. The lowest BCUT2D eigenvalue weighted by Crippen LogP contribution is -2.27. The molecule has 0 spiro atoms. The van der Waals surface area contributed by atoms with Crippen LogP contribution < -0.4 is 10.5 Å². The van der Waals surface area contributed by atoms with Crippen molar-refractivity contribution in [1.29, 1.82) is 0 Å². The molecule has 5 heteroatoms. The van der Waals surface area contributed by atoms with Crippen LogP contribution in [0.3, 0.4) is 0 Å². The van der Waals surface area contributed by atoms with Gasteiger partial charge in [0.25, 0.3) is 5.91 Å².